The smallest absolute Gasteiger partial charge is 0.343 e. The number of aromatic carboxylic acids is 1. The molecular weight excluding hydrogens is 274 g/mol. The Balaban J connectivity index is 1.80. The molecule has 0 saturated carbocycles. The molecule has 3 rings (SSSR count). The molecule has 0 spiro atoms. The SMILES string of the molecule is O=C(O)c1ccc(C(=O)Oc2ccc3n[nH]nc3c2)cc1. The Morgan fingerprint density at radius 2 is 1.62 bits per heavy atom. The van der Waals surface area contributed by atoms with Crippen LogP contribution < -0.4 is 4.74 Å². The van der Waals surface area contributed by atoms with Gasteiger partial charge < -0.3 is 9.84 Å². The van der Waals surface area contributed by atoms with Crippen LogP contribution in [0.4, 0.5) is 0 Å². The first-order chi connectivity index (χ1) is 10.1. The van der Waals surface area contributed by atoms with E-state index < -0.39 is 11.9 Å². The van der Waals surface area contributed by atoms with Gasteiger partial charge in [-0.2, -0.15) is 15.4 Å². The lowest BCUT2D eigenvalue weighted by atomic mass is 10.1. The first-order valence-electron chi connectivity index (χ1n) is 5.99. The van der Waals surface area contributed by atoms with Crippen molar-refractivity contribution >= 4 is 23.0 Å². The largest absolute Gasteiger partial charge is 0.478 e. The molecule has 0 radical (unpaired) electrons. The van der Waals surface area contributed by atoms with Crippen LogP contribution >= 0.6 is 0 Å². The fourth-order valence-corrected chi connectivity index (χ4v) is 1.80. The number of carbonyl (C=O) groups excluding carboxylic acids is 1. The van der Waals surface area contributed by atoms with Gasteiger partial charge in [-0.3, -0.25) is 0 Å². The summed E-state index contributed by atoms with van der Waals surface area (Å²) < 4.78 is 5.21. The number of aromatic nitrogens is 3. The maximum atomic E-state index is 12.0. The molecule has 0 amide bonds. The van der Waals surface area contributed by atoms with Gasteiger partial charge in [0.2, 0.25) is 0 Å². The fraction of sp³-hybridized carbons (Fsp3) is 0. The number of carboxylic acid groups (broad SMARTS) is 1. The summed E-state index contributed by atoms with van der Waals surface area (Å²) in [6, 6.07) is 10.4. The number of benzene rings is 2. The van der Waals surface area contributed by atoms with Crippen molar-refractivity contribution in [2.75, 3.05) is 0 Å². The Kier molecular flexibility index (Phi) is 3.07. The van der Waals surface area contributed by atoms with E-state index in [0.717, 1.165) is 0 Å². The summed E-state index contributed by atoms with van der Waals surface area (Å²) in [6.45, 7) is 0. The Hall–Kier alpha value is -3.22. The van der Waals surface area contributed by atoms with Gasteiger partial charge >= 0.3 is 11.9 Å². The van der Waals surface area contributed by atoms with Crippen molar-refractivity contribution < 1.29 is 19.4 Å². The van der Waals surface area contributed by atoms with E-state index in [1.807, 2.05) is 0 Å². The standard InChI is InChI=1S/C14H9N3O4/c18-13(19)8-1-3-9(4-2-8)14(20)21-10-5-6-11-12(7-10)16-17-15-11/h1-7H,(H,18,19)(H,15,16,17). The Bertz CT molecular complexity index is 824. The zero-order valence-electron chi connectivity index (χ0n) is 10.6. The highest BCUT2D eigenvalue weighted by Crippen LogP contribution is 2.18. The summed E-state index contributed by atoms with van der Waals surface area (Å²) in [5.74, 6) is -1.29. The van der Waals surface area contributed by atoms with Gasteiger partial charge in [0.25, 0.3) is 0 Å². The molecule has 0 aliphatic heterocycles. The lowest BCUT2D eigenvalue weighted by Crippen LogP contribution is -2.09. The van der Waals surface area contributed by atoms with E-state index >= 15 is 0 Å². The van der Waals surface area contributed by atoms with E-state index in [-0.39, 0.29) is 11.1 Å². The maximum absolute atomic E-state index is 12.0. The predicted octanol–water partition coefficient (Wildman–Crippen LogP) is 1.88. The zero-order chi connectivity index (χ0) is 14.8. The van der Waals surface area contributed by atoms with Crippen molar-refractivity contribution in [2.24, 2.45) is 0 Å². The molecule has 0 atom stereocenters. The molecule has 0 saturated heterocycles. The lowest BCUT2D eigenvalue weighted by molar-refractivity contribution is 0.0691. The molecule has 1 aromatic heterocycles. The number of fused-ring (bicyclic) bond motifs is 1. The van der Waals surface area contributed by atoms with Crippen molar-refractivity contribution in [1.29, 1.82) is 0 Å². The number of ether oxygens (including phenoxy) is 1. The Labute approximate surface area is 118 Å². The van der Waals surface area contributed by atoms with Crippen LogP contribution in [-0.4, -0.2) is 32.5 Å². The third-order valence-electron chi connectivity index (χ3n) is 2.87. The van der Waals surface area contributed by atoms with Gasteiger partial charge in [0.1, 0.15) is 16.8 Å². The number of carboxylic acids is 1. The van der Waals surface area contributed by atoms with Crippen LogP contribution in [0.2, 0.25) is 0 Å². The Morgan fingerprint density at radius 3 is 2.33 bits per heavy atom. The van der Waals surface area contributed by atoms with Gasteiger partial charge in [-0.1, -0.05) is 0 Å². The van der Waals surface area contributed by atoms with Gasteiger partial charge in [0.15, 0.2) is 0 Å². The van der Waals surface area contributed by atoms with E-state index in [9.17, 15) is 9.59 Å². The van der Waals surface area contributed by atoms with Gasteiger partial charge in [-0.05, 0) is 36.4 Å². The number of hydrogen-bond acceptors (Lipinski definition) is 5. The van der Waals surface area contributed by atoms with E-state index in [1.165, 1.54) is 24.3 Å². The van der Waals surface area contributed by atoms with Crippen LogP contribution in [-0.2, 0) is 0 Å². The molecule has 0 bridgehead atoms. The molecule has 0 aliphatic carbocycles. The molecule has 0 fully saturated rings. The van der Waals surface area contributed by atoms with Crippen molar-refractivity contribution in [3.05, 3.63) is 53.6 Å². The fourth-order valence-electron chi connectivity index (χ4n) is 1.80. The second-order valence-corrected chi connectivity index (χ2v) is 4.25. The van der Waals surface area contributed by atoms with Gasteiger partial charge in [-0.25, -0.2) is 9.59 Å². The summed E-state index contributed by atoms with van der Waals surface area (Å²) in [7, 11) is 0. The summed E-state index contributed by atoms with van der Waals surface area (Å²) in [6.07, 6.45) is 0. The van der Waals surface area contributed by atoms with Gasteiger partial charge in [-0.15, -0.1) is 0 Å². The number of esters is 1. The van der Waals surface area contributed by atoms with Gasteiger partial charge in [0, 0.05) is 6.07 Å². The van der Waals surface area contributed by atoms with Crippen molar-refractivity contribution in [1.82, 2.24) is 15.4 Å². The quantitative estimate of drug-likeness (QED) is 0.561. The normalized spacial score (nSPS) is 10.5. The average Bonchev–Trinajstić information content (AvgIpc) is 2.95. The molecule has 2 aromatic carbocycles. The number of nitrogens with one attached hydrogen (secondary N) is 1. The minimum Gasteiger partial charge on any atom is -0.478 e. The summed E-state index contributed by atoms with van der Waals surface area (Å²) in [5.41, 5.74) is 1.62. The molecular formula is C14H9N3O4. The van der Waals surface area contributed by atoms with Crippen LogP contribution in [0.15, 0.2) is 42.5 Å². The first kappa shape index (κ1) is 12.8. The average molecular weight is 283 g/mol. The molecule has 0 aliphatic rings. The second kappa shape index (κ2) is 5.04. The number of aromatic amines is 1. The minimum absolute atomic E-state index is 0.107. The molecule has 2 N–H and O–H groups in total. The van der Waals surface area contributed by atoms with Crippen LogP contribution in [0, 0.1) is 0 Å². The molecule has 3 aromatic rings. The highest BCUT2D eigenvalue weighted by molar-refractivity contribution is 5.93. The molecule has 104 valence electrons. The van der Waals surface area contributed by atoms with Crippen molar-refractivity contribution in [2.45, 2.75) is 0 Å². The number of H-pyrrole nitrogens is 1. The number of hydrogen-bond donors (Lipinski definition) is 2. The molecule has 7 heteroatoms. The van der Waals surface area contributed by atoms with E-state index in [4.69, 9.17) is 9.84 Å². The topological polar surface area (TPSA) is 105 Å². The Morgan fingerprint density at radius 1 is 0.952 bits per heavy atom. The number of nitrogens with zero attached hydrogens (tertiary/aromatic N) is 2. The van der Waals surface area contributed by atoms with Crippen molar-refractivity contribution in [3.63, 3.8) is 0 Å². The highest BCUT2D eigenvalue weighted by Gasteiger charge is 2.11. The number of carbonyl (C=O) groups is 2. The summed E-state index contributed by atoms with van der Waals surface area (Å²) in [4.78, 5) is 22.7. The monoisotopic (exact) mass is 283 g/mol. The summed E-state index contributed by atoms with van der Waals surface area (Å²) in [5, 5.41) is 19.1. The predicted molar refractivity (Wildman–Crippen MR) is 72.2 cm³/mol. The maximum Gasteiger partial charge on any atom is 0.343 e. The molecule has 7 nitrogen and oxygen atoms in total. The second-order valence-electron chi connectivity index (χ2n) is 4.25. The van der Waals surface area contributed by atoms with Crippen LogP contribution in [0.5, 0.6) is 5.75 Å². The zero-order valence-corrected chi connectivity index (χ0v) is 10.6. The van der Waals surface area contributed by atoms with Gasteiger partial charge in [0.05, 0.1) is 11.1 Å². The molecule has 21 heavy (non-hydrogen) atoms. The van der Waals surface area contributed by atoms with E-state index in [2.05, 4.69) is 15.4 Å². The lowest BCUT2D eigenvalue weighted by Gasteiger charge is -2.04. The molecule has 1 heterocycles. The van der Waals surface area contributed by atoms with E-state index in [0.29, 0.717) is 16.8 Å². The third kappa shape index (κ3) is 2.57. The minimum atomic E-state index is -1.05. The number of rotatable bonds is 3. The first-order valence-corrected chi connectivity index (χ1v) is 5.99. The highest BCUT2D eigenvalue weighted by atomic mass is 16.5. The van der Waals surface area contributed by atoms with Crippen LogP contribution in [0.3, 0.4) is 0 Å². The molecule has 0 unspecified atom stereocenters. The van der Waals surface area contributed by atoms with E-state index in [1.54, 1.807) is 18.2 Å². The van der Waals surface area contributed by atoms with Crippen LogP contribution in [0.25, 0.3) is 11.0 Å². The van der Waals surface area contributed by atoms with Crippen molar-refractivity contribution in [3.8, 4) is 5.75 Å². The van der Waals surface area contributed by atoms with Crippen LogP contribution in [0.1, 0.15) is 20.7 Å². The third-order valence-corrected chi connectivity index (χ3v) is 2.87. The summed E-state index contributed by atoms with van der Waals surface area (Å²) >= 11 is 0.